The van der Waals surface area contributed by atoms with Crippen LogP contribution in [-0.2, 0) is 40.8 Å². The van der Waals surface area contributed by atoms with E-state index in [2.05, 4.69) is 0 Å². The minimum Gasteiger partial charge on any atom is -0.577 e. The van der Waals surface area contributed by atoms with Crippen LogP contribution >= 0.6 is 0 Å². The van der Waals surface area contributed by atoms with Gasteiger partial charge in [0.05, 0.1) is 0 Å². The molecule has 0 amide bonds. The Hall–Kier alpha value is -1.54. The number of carbonyl (C=O) groups excluding carboxylic acids is 5. The summed E-state index contributed by atoms with van der Waals surface area (Å²) < 4.78 is 0. The van der Waals surface area contributed by atoms with Gasteiger partial charge >= 0.3 is 0 Å². The van der Waals surface area contributed by atoms with Crippen molar-refractivity contribution in [3.05, 3.63) is 10.5 Å². The quantitative estimate of drug-likeness (QED) is 0.555. The van der Waals surface area contributed by atoms with Crippen LogP contribution < -0.4 is 0 Å². The van der Waals surface area contributed by atoms with Crippen molar-refractivity contribution < 1.29 is 40.8 Å². The SMILES string of the molecule is C=O.C=O.C=O.C=O.C=O.[Co].[N-]=O. The molecule has 0 aliphatic rings. The fourth-order valence-corrected chi connectivity index (χ4v) is 0. The first-order valence-electron chi connectivity index (χ1n) is 1.63. The van der Waals surface area contributed by atoms with Crippen molar-refractivity contribution in [2.24, 2.45) is 0 Å². The summed E-state index contributed by atoms with van der Waals surface area (Å²) in [6, 6.07) is 0. The number of rotatable bonds is 0. The zero-order valence-corrected chi connectivity index (χ0v) is 7.81. The third-order valence-corrected chi connectivity index (χ3v) is 0. The van der Waals surface area contributed by atoms with E-state index in [4.69, 9.17) is 34.5 Å². The van der Waals surface area contributed by atoms with Gasteiger partial charge in [-0.05, 0) is 0 Å². The van der Waals surface area contributed by atoms with Crippen molar-refractivity contribution in [2.45, 2.75) is 0 Å². The smallest absolute Gasteiger partial charge is 0.106 e. The van der Waals surface area contributed by atoms with Crippen LogP contribution in [0.3, 0.4) is 0 Å². The van der Waals surface area contributed by atoms with Gasteiger partial charge in [0, 0.05) is 16.8 Å². The van der Waals surface area contributed by atoms with Gasteiger partial charge in [-0.1, -0.05) is 0 Å². The summed E-state index contributed by atoms with van der Waals surface area (Å²) in [7, 11) is 0. The summed E-state index contributed by atoms with van der Waals surface area (Å²) in [4.78, 5) is 47.2. The molecule has 0 fully saturated rings. The maximum absolute atomic E-state index is 8.00. The van der Waals surface area contributed by atoms with Gasteiger partial charge in [0.1, 0.15) is 33.9 Å². The second kappa shape index (κ2) is 392. The Kier molecular flexibility index (Phi) is 1900. The molecule has 0 saturated carbocycles. The fraction of sp³-hybridized carbons (Fsp3) is 0. The van der Waals surface area contributed by atoms with Crippen molar-refractivity contribution in [3.8, 4) is 0 Å². The molecule has 0 spiro atoms. The third-order valence-electron chi connectivity index (χ3n) is 0. The molecule has 1 radical (unpaired) electrons. The second-order valence-electron chi connectivity index (χ2n) is 0. The van der Waals surface area contributed by atoms with Crippen LogP contribution in [0.5, 0.6) is 0 Å². The molecule has 0 aliphatic heterocycles. The zero-order valence-electron chi connectivity index (χ0n) is 6.77. The Morgan fingerprint density at radius 1 is 0.462 bits per heavy atom. The van der Waals surface area contributed by atoms with E-state index in [0.717, 1.165) is 0 Å². The Balaban J connectivity index is -0.00000000655. The van der Waals surface area contributed by atoms with Crippen LogP contribution in [0.1, 0.15) is 0 Å². The fourth-order valence-electron chi connectivity index (χ4n) is 0. The molecule has 0 bridgehead atoms. The molecule has 0 N–H and O–H groups in total. The summed E-state index contributed by atoms with van der Waals surface area (Å²) >= 11 is 0. The van der Waals surface area contributed by atoms with Gasteiger partial charge in [-0.15, -0.1) is 0 Å². The molecule has 8 heteroatoms. The molecule has 0 unspecified atom stereocenters. The van der Waals surface area contributed by atoms with Gasteiger partial charge in [-0.2, -0.15) is 0 Å². The van der Waals surface area contributed by atoms with Crippen LogP contribution in [0, 0.1) is 4.91 Å². The number of nitrogens with zero attached hydrogens (tertiary/aromatic N) is 1. The standard InChI is InChI=1S/5CH2O.Co.NO/c5*1-2;;1-2/h5*1H2;;/q;;;;;;-1. The number of hydrogen-bond acceptors (Lipinski definition) is 6. The minimum absolute atomic E-state index is 0. The van der Waals surface area contributed by atoms with Gasteiger partial charge in [-0.25, -0.2) is 0 Å². The zero-order chi connectivity index (χ0) is 12.0. The number of hydrogen-bond donors (Lipinski definition) is 0. The van der Waals surface area contributed by atoms with Crippen LogP contribution in [0.25, 0.3) is 5.59 Å². The van der Waals surface area contributed by atoms with Gasteiger partial charge in [0.15, 0.2) is 0 Å². The molecule has 0 saturated heterocycles. The van der Waals surface area contributed by atoms with Crippen molar-refractivity contribution in [3.63, 3.8) is 0 Å². The average Bonchev–Trinajstić information content (AvgIpc) is 2.33. The molecule has 0 atom stereocenters. The van der Waals surface area contributed by atoms with Crippen molar-refractivity contribution in [1.82, 2.24) is 0 Å². The largest absolute Gasteiger partial charge is 0.577 e. The summed E-state index contributed by atoms with van der Waals surface area (Å²) in [6.07, 6.45) is 0. The van der Waals surface area contributed by atoms with Crippen molar-refractivity contribution >= 4 is 33.9 Å². The third kappa shape index (κ3) is 314. The second-order valence-corrected chi connectivity index (χ2v) is 0. The summed E-state index contributed by atoms with van der Waals surface area (Å²) in [5.41, 5.74) is 5.75. The summed E-state index contributed by atoms with van der Waals surface area (Å²) in [5, 5.41) is 0. The summed E-state index contributed by atoms with van der Waals surface area (Å²) in [6.45, 7) is 10.0. The van der Waals surface area contributed by atoms with Crippen molar-refractivity contribution in [1.29, 1.82) is 0 Å². The molecule has 0 aromatic carbocycles. The molecule has 7 nitrogen and oxygen atoms in total. The first-order chi connectivity index (χ1) is 6.00. The van der Waals surface area contributed by atoms with E-state index in [1.807, 2.05) is 33.9 Å². The first-order valence-corrected chi connectivity index (χ1v) is 1.63. The van der Waals surface area contributed by atoms with E-state index in [1.54, 1.807) is 0 Å². The maximum atomic E-state index is 8.00. The molecule has 0 heterocycles. The topological polar surface area (TPSA) is 125 Å². The molecule has 0 aromatic rings. The normalized spacial score (nSPS) is 1.85. The number of carbonyl (C=O) groups is 5. The Labute approximate surface area is 85.8 Å². The average molecular weight is 239 g/mol. The molecular formula is C5H10CoNO6-. The van der Waals surface area contributed by atoms with E-state index in [-0.39, 0.29) is 16.8 Å². The van der Waals surface area contributed by atoms with Gasteiger partial charge < -0.3 is 34.5 Å². The van der Waals surface area contributed by atoms with Crippen LogP contribution in [0.2, 0.25) is 0 Å². The monoisotopic (exact) mass is 239 g/mol. The molecule has 0 aromatic heterocycles. The van der Waals surface area contributed by atoms with Crippen LogP contribution in [0.15, 0.2) is 0 Å². The van der Waals surface area contributed by atoms with Crippen LogP contribution in [-0.4, -0.2) is 33.9 Å². The van der Waals surface area contributed by atoms with E-state index in [9.17, 15) is 0 Å². The van der Waals surface area contributed by atoms with Crippen molar-refractivity contribution in [2.75, 3.05) is 0 Å². The van der Waals surface area contributed by atoms with E-state index >= 15 is 0 Å². The predicted molar refractivity (Wildman–Crippen MR) is 42.3 cm³/mol. The van der Waals surface area contributed by atoms with E-state index in [1.165, 1.54) is 0 Å². The molecule has 0 rings (SSSR count). The Morgan fingerprint density at radius 3 is 0.462 bits per heavy atom. The van der Waals surface area contributed by atoms with Gasteiger partial charge in [-0.3, -0.25) is 0 Å². The molecular weight excluding hydrogens is 229 g/mol. The summed E-state index contributed by atoms with van der Waals surface area (Å²) in [5.74, 6) is 0. The van der Waals surface area contributed by atoms with Gasteiger partial charge in [0.2, 0.25) is 0 Å². The maximum Gasteiger partial charge on any atom is 0.106 e. The first kappa shape index (κ1) is 63.1. The predicted octanol–water partition coefficient (Wildman–Crippen LogP) is -0.605. The molecule has 81 valence electrons. The minimum atomic E-state index is 0. The van der Waals surface area contributed by atoms with Gasteiger partial charge in [0.25, 0.3) is 0 Å². The Bertz CT molecular complexity index is 36.5. The van der Waals surface area contributed by atoms with E-state index in [0.29, 0.717) is 0 Å². The molecule has 0 aliphatic carbocycles. The molecule has 13 heavy (non-hydrogen) atoms. The Morgan fingerprint density at radius 2 is 0.462 bits per heavy atom. The number of nitroso groups, excluding NO2 is 1. The van der Waals surface area contributed by atoms with Crippen LogP contribution in [0.4, 0.5) is 0 Å². The van der Waals surface area contributed by atoms with E-state index < -0.39 is 0 Å².